The van der Waals surface area contributed by atoms with Crippen molar-refractivity contribution >= 4 is 21.7 Å². The van der Waals surface area contributed by atoms with Crippen LogP contribution in [-0.4, -0.2) is 44.3 Å². The zero-order valence-electron chi connectivity index (χ0n) is 13.8. The van der Waals surface area contributed by atoms with Gasteiger partial charge in [0.1, 0.15) is 15.9 Å². The lowest BCUT2D eigenvalue weighted by atomic mass is 10.1. The van der Waals surface area contributed by atoms with Crippen LogP contribution in [0.5, 0.6) is 0 Å². The molecule has 1 aliphatic carbocycles. The van der Waals surface area contributed by atoms with E-state index in [2.05, 4.69) is 10.6 Å². The average Bonchev–Trinajstić information content (AvgIpc) is 3.04. The second-order valence-electron chi connectivity index (χ2n) is 6.30. The summed E-state index contributed by atoms with van der Waals surface area (Å²) in [5.41, 5.74) is 0.440. The first-order chi connectivity index (χ1) is 11.3. The van der Waals surface area contributed by atoms with Crippen LogP contribution in [0.1, 0.15) is 42.5 Å². The smallest absolute Gasteiger partial charge is 0.251 e. The van der Waals surface area contributed by atoms with Crippen LogP contribution in [0.2, 0.25) is 0 Å². The van der Waals surface area contributed by atoms with E-state index in [9.17, 15) is 18.0 Å². The standard InChI is InChI=1S/C17H24N2O4S/c1-24(22,23)12-11-15(17(21)18-14-9-5-6-10-14)19-16(20)13-7-3-2-4-8-13/h2-4,7-8,14-15H,5-6,9-12H2,1H3,(H,18,21)(H,19,20)/t15-/m1/s1. The number of carbonyl (C=O) groups excluding carboxylic acids is 2. The van der Waals surface area contributed by atoms with Crippen molar-refractivity contribution in [3.63, 3.8) is 0 Å². The SMILES string of the molecule is CS(=O)(=O)CC[C@@H](NC(=O)c1ccccc1)C(=O)NC1CCCC1. The third kappa shape index (κ3) is 5.96. The van der Waals surface area contributed by atoms with Gasteiger partial charge in [0.15, 0.2) is 0 Å². The molecule has 7 heteroatoms. The topological polar surface area (TPSA) is 92.3 Å². The Kier molecular flexibility index (Phi) is 6.36. The summed E-state index contributed by atoms with van der Waals surface area (Å²) in [5.74, 6) is -0.837. The molecule has 6 nitrogen and oxygen atoms in total. The van der Waals surface area contributed by atoms with Gasteiger partial charge in [0.2, 0.25) is 5.91 Å². The number of rotatable bonds is 7. The van der Waals surface area contributed by atoms with Gasteiger partial charge in [0.25, 0.3) is 5.91 Å². The fourth-order valence-corrected chi connectivity index (χ4v) is 3.47. The molecule has 0 aromatic heterocycles. The quantitative estimate of drug-likeness (QED) is 0.773. The molecule has 0 heterocycles. The maximum absolute atomic E-state index is 12.5. The summed E-state index contributed by atoms with van der Waals surface area (Å²) >= 11 is 0. The van der Waals surface area contributed by atoms with Crippen LogP contribution < -0.4 is 10.6 Å². The molecule has 1 atom stereocenters. The molecule has 24 heavy (non-hydrogen) atoms. The van der Waals surface area contributed by atoms with Gasteiger partial charge in [-0.3, -0.25) is 9.59 Å². The predicted octanol–water partition coefficient (Wildman–Crippen LogP) is 1.28. The van der Waals surface area contributed by atoms with Crippen molar-refractivity contribution in [3.05, 3.63) is 35.9 Å². The normalized spacial score (nSPS) is 16.5. The highest BCUT2D eigenvalue weighted by atomic mass is 32.2. The average molecular weight is 352 g/mol. The lowest BCUT2D eigenvalue weighted by Gasteiger charge is -2.21. The lowest BCUT2D eigenvalue weighted by Crippen LogP contribution is -2.49. The number of carbonyl (C=O) groups is 2. The van der Waals surface area contributed by atoms with E-state index in [1.54, 1.807) is 30.3 Å². The van der Waals surface area contributed by atoms with Gasteiger partial charge < -0.3 is 10.6 Å². The summed E-state index contributed by atoms with van der Waals surface area (Å²) in [7, 11) is -3.21. The van der Waals surface area contributed by atoms with Gasteiger partial charge in [-0.2, -0.15) is 0 Å². The van der Waals surface area contributed by atoms with Crippen LogP contribution in [0.3, 0.4) is 0 Å². The highest BCUT2D eigenvalue weighted by molar-refractivity contribution is 7.90. The zero-order valence-corrected chi connectivity index (χ0v) is 14.6. The van der Waals surface area contributed by atoms with Crippen LogP contribution >= 0.6 is 0 Å². The Morgan fingerprint density at radius 1 is 1.17 bits per heavy atom. The molecule has 1 aromatic carbocycles. The Morgan fingerprint density at radius 3 is 2.38 bits per heavy atom. The van der Waals surface area contributed by atoms with Crippen molar-refractivity contribution in [2.24, 2.45) is 0 Å². The second-order valence-corrected chi connectivity index (χ2v) is 8.56. The highest BCUT2D eigenvalue weighted by Crippen LogP contribution is 2.17. The molecule has 2 amide bonds. The molecule has 0 aliphatic heterocycles. The molecular formula is C17H24N2O4S. The van der Waals surface area contributed by atoms with E-state index in [4.69, 9.17) is 0 Å². The number of sulfone groups is 1. The molecule has 0 saturated heterocycles. The fourth-order valence-electron chi connectivity index (χ4n) is 2.80. The monoisotopic (exact) mass is 352 g/mol. The van der Waals surface area contributed by atoms with Crippen LogP contribution in [0, 0.1) is 0 Å². The third-order valence-corrected chi connectivity index (χ3v) is 5.11. The molecule has 132 valence electrons. The minimum absolute atomic E-state index is 0.0654. The first kappa shape index (κ1) is 18.4. The van der Waals surface area contributed by atoms with E-state index < -0.39 is 15.9 Å². The Labute approximate surface area is 142 Å². The van der Waals surface area contributed by atoms with Crippen molar-refractivity contribution in [2.75, 3.05) is 12.0 Å². The van der Waals surface area contributed by atoms with E-state index in [0.717, 1.165) is 31.9 Å². The summed E-state index contributed by atoms with van der Waals surface area (Å²) in [6, 6.07) is 7.83. The van der Waals surface area contributed by atoms with Gasteiger partial charge in [-0.25, -0.2) is 8.42 Å². The summed E-state index contributed by atoms with van der Waals surface area (Å²) in [5, 5.41) is 5.59. The number of nitrogens with one attached hydrogen (secondary N) is 2. The number of amides is 2. The molecule has 0 unspecified atom stereocenters. The van der Waals surface area contributed by atoms with E-state index in [-0.39, 0.29) is 30.0 Å². The molecule has 1 saturated carbocycles. The molecule has 0 radical (unpaired) electrons. The largest absolute Gasteiger partial charge is 0.352 e. The minimum Gasteiger partial charge on any atom is -0.352 e. The lowest BCUT2D eigenvalue weighted by molar-refractivity contribution is -0.123. The summed E-state index contributed by atoms with van der Waals surface area (Å²) < 4.78 is 22.8. The van der Waals surface area contributed by atoms with Crippen LogP contribution in [0.15, 0.2) is 30.3 Å². The molecular weight excluding hydrogens is 328 g/mol. The number of hydrogen-bond acceptors (Lipinski definition) is 4. The van der Waals surface area contributed by atoms with Crippen LogP contribution in [0.25, 0.3) is 0 Å². The molecule has 2 rings (SSSR count). The Balaban J connectivity index is 2.03. The Bertz CT molecular complexity index is 667. The molecule has 1 aliphatic rings. The van der Waals surface area contributed by atoms with Crippen LogP contribution in [0.4, 0.5) is 0 Å². The Morgan fingerprint density at radius 2 is 1.79 bits per heavy atom. The summed E-state index contributed by atoms with van der Waals surface area (Å²) in [6.45, 7) is 0. The van der Waals surface area contributed by atoms with Crippen molar-refractivity contribution in [2.45, 2.75) is 44.2 Å². The van der Waals surface area contributed by atoms with E-state index >= 15 is 0 Å². The van der Waals surface area contributed by atoms with Crippen molar-refractivity contribution in [1.82, 2.24) is 10.6 Å². The van der Waals surface area contributed by atoms with Crippen molar-refractivity contribution < 1.29 is 18.0 Å². The van der Waals surface area contributed by atoms with Gasteiger partial charge in [-0.1, -0.05) is 31.0 Å². The minimum atomic E-state index is -3.21. The number of benzene rings is 1. The third-order valence-electron chi connectivity index (χ3n) is 4.14. The molecule has 1 aromatic rings. The van der Waals surface area contributed by atoms with E-state index in [0.29, 0.717) is 5.56 Å². The van der Waals surface area contributed by atoms with Gasteiger partial charge in [0.05, 0.1) is 5.75 Å². The van der Waals surface area contributed by atoms with E-state index in [1.165, 1.54) is 0 Å². The molecule has 1 fully saturated rings. The van der Waals surface area contributed by atoms with Crippen molar-refractivity contribution in [3.8, 4) is 0 Å². The van der Waals surface area contributed by atoms with Crippen LogP contribution in [-0.2, 0) is 14.6 Å². The molecule has 2 N–H and O–H groups in total. The van der Waals surface area contributed by atoms with E-state index in [1.807, 2.05) is 0 Å². The maximum Gasteiger partial charge on any atom is 0.251 e. The highest BCUT2D eigenvalue weighted by Gasteiger charge is 2.26. The fraction of sp³-hybridized carbons (Fsp3) is 0.529. The Hall–Kier alpha value is -1.89. The second kappa shape index (κ2) is 8.28. The van der Waals surface area contributed by atoms with Gasteiger partial charge in [-0.05, 0) is 31.4 Å². The summed E-state index contributed by atoms with van der Waals surface area (Å²) in [4.78, 5) is 24.7. The number of hydrogen-bond donors (Lipinski definition) is 2. The first-order valence-electron chi connectivity index (χ1n) is 8.19. The molecule has 0 spiro atoms. The first-order valence-corrected chi connectivity index (χ1v) is 10.3. The zero-order chi connectivity index (χ0) is 17.6. The van der Waals surface area contributed by atoms with Gasteiger partial charge in [0, 0.05) is 17.9 Å². The molecule has 0 bridgehead atoms. The van der Waals surface area contributed by atoms with Gasteiger partial charge in [-0.15, -0.1) is 0 Å². The summed E-state index contributed by atoms with van der Waals surface area (Å²) in [6.07, 6.45) is 5.20. The predicted molar refractivity (Wildman–Crippen MR) is 92.4 cm³/mol. The van der Waals surface area contributed by atoms with Crippen molar-refractivity contribution in [1.29, 1.82) is 0 Å². The van der Waals surface area contributed by atoms with Gasteiger partial charge >= 0.3 is 0 Å². The maximum atomic E-state index is 12.5.